The summed E-state index contributed by atoms with van der Waals surface area (Å²) in [5.41, 5.74) is 2.74. The molecule has 9 heteroatoms. The van der Waals surface area contributed by atoms with Crippen molar-refractivity contribution in [2.75, 3.05) is 46.8 Å². The molecule has 1 aromatic carbocycles. The van der Waals surface area contributed by atoms with Gasteiger partial charge in [0.1, 0.15) is 0 Å². The topological polar surface area (TPSA) is 73.0 Å². The molecule has 0 atom stereocenters. The maximum atomic E-state index is 12.4. The molecule has 1 heterocycles. The molecule has 0 spiro atoms. The van der Waals surface area contributed by atoms with E-state index in [-0.39, 0.29) is 17.3 Å². The molecular weight excluding hydrogens is 340 g/mol. The van der Waals surface area contributed by atoms with Crippen molar-refractivity contribution in [2.45, 2.75) is 4.90 Å². The second kappa shape index (κ2) is 7.59. The number of carbonyl (C=O) groups is 1. The van der Waals surface area contributed by atoms with Gasteiger partial charge < -0.3 is 4.90 Å². The van der Waals surface area contributed by atoms with E-state index in [1.807, 2.05) is 12.1 Å². The minimum atomic E-state index is -3.71. The lowest BCUT2D eigenvalue weighted by Crippen LogP contribution is -2.54. The van der Waals surface area contributed by atoms with Crippen molar-refractivity contribution in [2.24, 2.45) is 0 Å². The first kappa shape index (κ1) is 18.2. The van der Waals surface area contributed by atoms with Gasteiger partial charge in [-0.3, -0.25) is 10.2 Å². The van der Waals surface area contributed by atoms with Crippen molar-refractivity contribution >= 4 is 27.5 Å². The predicted octanol–water partition coefficient (Wildman–Crippen LogP) is 0.239. The molecule has 0 unspecified atom stereocenters. The second-order valence-corrected chi connectivity index (χ2v) is 8.02. The van der Waals surface area contributed by atoms with Crippen LogP contribution in [0.5, 0.6) is 0 Å². The molecule has 1 N–H and O–H groups in total. The first-order valence-electron chi connectivity index (χ1n) is 7.24. The van der Waals surface area contributed by atoms with Crippen LogP contribution >= 0.6 is 11.6 Å². The van der Waals surface area contributed by atoms with Crippen molar-refractivity contribution in [3.8, 4) is 0 Å². The fraction of sp³-hybridized carbons (Fsp3) is 0.500. The quantitative estimate of drug-likeness (QED) is 0.814. The van der Waals surface area contributed by atoms with Gasteiger partial charge in [-0.1, -0.05) is 11.6 Å². The number of hydrazine groups is 1. The molecule has 0 aromatic heterocycles. The third kappa shape index (κ3) is 4.89. The summed E-state index contributed by atoms with van der Waals surface area (Å²) in [6, 6.07) is 5.86. The van der Waals surface area contributed by atoms with Crippen LogP contribution in [0, 0.1) is 0 Å². The number of nitrogens with one attached hydrogen (secondary N) is 1. The van der Waals surface area contributed by atoms with E-state index in [9.17, 15) is 13.2 Å². The third-order valence-electron chi connectivity index (χ3n) is 3.67. The highest BCUT2D eigenvalue weighted by atomic mass is 35.5. The van der Waals surface area contributed by atoms with Gasteiger partial charge in [-0.15, -0.1) is 0 Å². The molecule has 1 fully saturated rings. The second-order valence-electron chi connectivity index (χ2n) is 5.54. The number of carbonyl (C=O) groups excluding carboxylic acids is 1. The molecule has 2 rings (SSSR count). The van der Waals surface area contributed by atoms with Crippen LogP contribution in [0.2, 0.25) is 5.02 Å². The standard InChI is InChI=1S/C14H21ClN4O3S/c1-17-7-9-19(10-8-17)16-14(20)11-18(2)23(21,22)13-5-3-12(15)4-6-13/h3-6H,7-11H2,1-2H3,(H,16,20). The molecule has 1 saturated heterocycles. The molecule has 23 heavy (non-hydrogen) atoms. The van der Waals surface area contributed by atoms with Crippen LogP contribution in [-0.2, 0) is 14.8 Å². The Morgan fingerprint density at radius 2 is 1.78 bits per heavy atom. The van der Waals surface area contributed by atoms with Crippen LogP contribution in [0.25, 0.3) is 0 Å². The highest BCUT2D eigenvalue weighted by Crippen LogP contribution is 2.17. The number of rotatable bonds is 5. The van der Waals surface area contributed by atoms with E-state index in [0.29, 0.717) is 5.02 Å². The van der Waals surface area contributed by atoms with Crippen LogP contribution < -0.4 is 5.43 Å². The van der Waals surface area contributed by atoms with Crippen molar-refractivity contribution in [1.29, 1.82) is 0 Å². The average molecular weight is 361 g/mol. The van der Waals surface area contributed by atoms with Crippen LogP contribution in [0.4, 0.5) is 0 Å². The summed E-state index contributed by atoms with van der Waals surface area (Å²) < 4.78 is 25.8. The molecule has 0 aliphatic carbocycles. The molecule has 0 radical (unpaired) electrons. The van der Waals surface area contributed by atoms with E-state index in [2.05, 4.69) is 10.3 Å². The Hall–Kier alpha value is -1.19. The van der Waals surface area contributed by atoms with Crippen molar-refractivity contribution in [3.05, 3.63) is 29.3 Å². The SMILES string of the molecule is CN1CCN(NC(=O)CN(C)S(=O)(=O)c2ccc(Cl)cc2)CC1. The number of hydrogen-bond donors (Lipinski definition) is 1. The number of nitrogens with zero attached hydrogens (tertiary/aromatic N) is 3. The van der Waals surface area contributed by atoms with Crippen LogP contribution in [0.1, 0.15) is 0 Å². The molecule has 1 aliphatic heterocycles. The summed E-state index contributed by atoms with van der Waals surface area (Å²) in [6.07, 6.45) is 0. The van der Waals surface area contributed by atoms with Gasteiger partial charge >= 0.3 is 0 Å². The molecule has 0 bridgehead atoms. The van der Waals surface area contributed by atoms with Gasteiger partial charge in [0.25, 0.3) is 0 Å². The lowest BCUT2D eigenvalue weighted by molar-refractivity contribution is -0.126. The Kier molecular flexibility index (Phi) is 5.99. The number of piperazine rings is 1. The normalized spacial score (nSPS) is 17.4. The summed E-state index contributed by atoms with van der Waals surface area (Å²) in [4.78, 5) is 14.3. The molecule has 1 amide bonds. The van der Waals surface area contributed by atoms with Gasteiger partial charge in [0, 0.05) is 38.2 Å². The summed E-state index contributed by atoms with van der Waals surface area (Å²) in [5.74, 6) is -0.352. The molecule has 128 valence electrons. The van der Waals surface area contributed by atoms with E-state index in [1.54, 1.807) is 0 Å². The van der Waals surface area contributed by atoms with E-state index >= 15 is 0 Å². The average Bonchev–Trinajstić information content (AvgIpc) is 2.50. The number of sulfonamides is 1. The summed E-state index contributed by atoms with van der Waals surface area (Å²) in [5, 5.41) is 2.27. The summed E-state index contributed by atoms with van der Waals surface area (Å²) >= 11 is 5.76. The largest absolute Gasteiger partial charge is 0.304 e. The minimum Gasteiger partial charge on any atom is -0.304 e. The monoisotopic (exact) mass is 360 g/mol. The number of halogens is 1. The Morgan fingerprint density at radius 3 is 2.35 bits per heavy atom. The van der Waals surface area contributed by atoms with Crippen LogP contribution in [0.3, 0.4) is 0 Å². The van der Waals surface area contributed by atoms with Gasteiger partial charge in [0.2, 0.25) is 15.9 Å². The first-order chi connectivity index (χ1) is 10.8. The summed E-state index contributed by atoms with van der Waals surface area (Å²) in [6.45, 7) is 2.92. The van der Waals surface area contributed by atoms with E-state index in [0.717, 1.165) is 30.5 Å². The van der Waals surface area contributed by atoms with Gasteiger partial charge in [-0.25, -0.2) is 13.4 Å². The van der Waals surface area contributed by atoms with Gasteiger partial charge in [-0.05, 0) is 31.3 Å². The molecule has 0 saturated carbocycles. The molecule has 1 aliphatic rings. The van der Waals surface area contributed by atoms with Crippen molar-refractivity contribution in [1.82, 2.24) is 19.6 Å². The highest BCUT2D eigenvalue weighted by Gasteiger charge is 2.24. The smallest absolute Gasteiger partial charge is 0.249 e. The minimum absolute atomic E-state index is 0.108. The fourth-order valence-electron chi connectivity index (χ4n) is 2.20. The Bertz CT molecular complexity index is 642. The molecular formula is C14H21ClN4O3S. The number of likely N-dealkylation sites (N-methyl/N-ethyl adjacent to an activating group) is 2. The van der Waals surface area contributed by atoms with Crippen molar-refractivity contribution in [3.63, 3.8) is 0 Å². The molecule has 1 aromatic rings. The lowest BCUT2D eigenvalue weighted by Gasteiger charge is -2.32. The maximum absolute atomic E-state index is 12.4. The zero-order chi connectivity index (χ0) is 17.0. The van der Waals surface area contributed by atoms with Gasteiger partial charge in [0.05, 0.1) is 11.4 Å². The van der Waals surface area contributed by atoms with Crippen LogP contribution in [-0.4, -0.2) is 75.4 Å². The maximum Gasteiger partial charge on any atom is 0.249 e. The zero-order valence-corrected chi connectivity index (χ0v) is 14.8. The Balaban J connectivity index is 1.93. The number of hydrogen-bond acceptors (Lipinski definition) is 5. The summed E-state index contributed by atoms with van der Waals surface area (Å²) in [7, 11) is -0.311. The highest BCUT2D eigenvalue weighted by molar-refractivity contribution is 7.89. The van der Waals surface area contributed by atoms with Crippen molar-refractivity contribution < 1.29 is 13.2 Å². The fourth-order valence-corrected chi connectivity index (χ4v) is 3.46. The third-order valence-corrected chi connectivity index (χ3v) is 5.74. The lowest BCUT2D eigenvalue weighted by atomic mass is 10.4. The number of benzene rings is 1. The first-order valence-corrected chi connectivity index (χ1v) is 9.06. The number of amides is 1. The van der Waals surface area contributed by atoms with E-state index < -0.39 is 10.0 Å². The Labute approximate surface area is 141 Å². The van der Waals surface area contributed by atoms with Crippen LogP contribution in [0.15, 0.2) is 29.2 Å². The van der Waals surface area contributed by atoms with Gasteiger partial charge in [0.15, 0.2) is 0 Å². The predicted molar refractivity (Wildman–Crippen MR) is 88.5 cm³/mol. The molecule has 7 nitrogen and oxygen atoms in total. The zero-order valence-electron chi connectivity index (χ0n) is 13.2. The Morgan fingerprint density at radius 1 is 1.22 bits per heavy atom. The van der Waals surface area contributed by atoms with Gasteiger partial charge in [-0.2, -0.15) is 4.31 Å². The van der Waals surface area contributed by atoms with E-state index in [1.165, 1.54) is 31.3 Å². The van der Waals surface area contributed by atoms with E-state index in [4.69, 9.17) is 11.6 Å².